The molecule has 0 heterocycles. The van der Waals surface area contributed by atoms with Crippen LogP contribution in [-0.4, -0.2) is 0 Å². The Morgan fingerprint density at radius 3 is 0.600 bits per heavy atom. The molecule has 0 aliphatic rings. The predicted octanol–water partition coefficient (Wildman–Crippen LogP) is -0.361. The second kappa shape index (κ2) is 52.3. The minimum absolute atomic E-state index is 0. The molecule has 0 saturated heterocycles. The molecule has 0 atom stereocenters. The van der Waals surface area contributed by atoms with Crippen molar-refractivity contribution in [1.29, 1.82) is 0 Å². The van der Waals surface area contributed by atoms with Crippen LogP contribution in [0.25, 0.3) is 0 Å². The molecule has 3 nitrogen and oxygen atoms in total. The van der Waals surface area contributed by atoms with Gasteiger partial charge in [-0.05, 0) is 0 Å². The fraction of sp³-hybridized carbons (Fsp3) is 0. The van der Waals surface area contributed by atoms with Crippen molar-refractivity contribution in [2.45, 2.75) is 0 Å². The summed E-state index contributed by atoms with van der Waals surface area (Å²) >= 11 is 0. The fourth-order valence-corrected chi connectivity index (χ4v) is 0. The summed E-state index contributed by atoms with van der Waals surface area (Å²) in [5.41, 5.74) is 0. The van der Waals surface area contributed by atoms with E-state index in [1.165, 1.54) is 0 Å². The maximum atomic E-state index is 0. The van der Waals surface area contributed by atoms with E-state index in [-0.39, 0.29) is 63.1 Å². The first-order chi connectivity index (χ1) is 0. The van der Waals surface area contributed by atoms with Gasteiger partial charge in [-0.2, -0.15) is 0 Å². The molecule has 0 aliphatic carbocycles. The van der Waals surface area contributed by atoms with Crippen molar-refractivity contribution in [2.24, 2.45) is 0 Å². The average Bonchev–Trinajstić information content (AvgIpc) is 0. The molecule has 0 saturated carbocycles. The molecule has 0 radical (unpaired) electrons. The number of rotatable bonds is 0. The van der Waals surface area contributed by atoms with E-state index in [0.29, 0.717) is 0 Å². The normalized spacial score (nSPS) is 0. The first-order valence-corrected chi connectivity index (χ1v) is 0. The SMILES string of the molecule is [O-2].[O-2].[O-2].[Pd+2].[Zr+4]. The first-order valence-electron chi connectivity index (χ1n) is 0. The Balaban J connectivity index is 0. The zero-order valence-corrected chi connectivity index (χ0v) is 6.05. The van der Waals surface area contributed by atoms with E-state index in [9.17, 15) is 0 Å². The molecule has 5 heteroatoms. The molecule has 0 aromatic heterocycles. The third kappa shape index (κ3) is 31.3. The molecule has 0 N–H and O–H groups in total. The molecular weight excluding hydrogens is 246 g/mol. The molecule has 0 aromatic carbocycles. The summed E-state index contributed by atoms with van der Waals surface area (Å²) in [5.74, 6) is 0. The van der Waals surface area contributed by atoms with Crippen LogP contribution in [-0.2, 0) is 63.1 Å². The summed E-state index contributed by atoms with van der Waals surface area (Å²) in [6, 6.07) is 0. The largest absolute Gasteiger partial charge is 4.00 e. The zero-order chi connectivity index (χ0) is 0. The van der Waals surface area contributed by atoms with Gasteiger partial charge in [0, 0.05) is 0 Å². The molecule has 0 spiro atoms. The molecule has 0 aromatic rings. The van der Waals surface area contributed by atoms with Crippen molar-refractivity contribution in [2.75, 3.05) is 0 Å². The van der Waals surface area contributed by atoms with E-state index >= 15 is 0 Å². The van der Waals surface area contributed by atoms with Crippen LogP contribution in [0, 0.1) is 0 Å². The second-order valence-electron chi connectivity index (χ2n) is 0. The van der Waals surface area contributed by atoms with Gasteiger partial charge in [0.2, 0.25) is 0 Å². The van der Waals surface area contributed by atoms with Gasteiger partial charge in [0.05, 0.1) is 0 Å². The van der Waals surface area contributed by atoms with Gasteiger partial charge in [0.25, 0.3) is 0 Å². The van der Waals surface area contributed by atoms with Crippen molar-refractivity contribution in [3.63, 3.8) is 0 Å². The summed E-state index contributed by atoms with van der Waals surface area (Å²) < 4.78 is 0. The van der Waals surface area contributed by atoms with Gasteiger partial charge in [-0.15, -0.1) is 0 Å². The van der Waals surface area contributed by atoms with Crippen molar-refractivity contribution < 1.29 is 63.1 Å². The van der Waals surface area contributed by atoms with Crippen LogP contribution in [0.2, 0.25) is 0 Å². The van der Waals surface area contributed by atoms with E-state index in [4.69, 9.17) is 0 Å². The van der Waals surface area contributed by atoms with Gasteiger partial charge in [-0.1, -0.05) is 0 Å². The van der Waals surface area contributed by atoms with Gasteiger partial charge >= 0.3 is 46.6 Å². The monoisotopic (exact) mass is 244 g/mol. The van der Waals surface area contributed by atoms with Gasteiger partial charge in [0.15, 0.2) is 0 Å². The molecule has 0 amide bonds. The summed E-state index contributed by atoms with van der Waals surface area (Å²) in [7, 11) is 0. The van der Waals surface area contributed by atoms with Crippen LogP contribution < -0.4 is 0 Å². The molecular formula is O3PdZr. The van der Waals surface area contributed by atoms with E-state index in [0.717, 1.165) is 0 Å². The van der Waals surface area contributed by atoms with Crippen LogP contribution in [0.15, 0.2) is 0 Å². The topological polar surface area (TPSA) is 85.5 Å². The maximum Gasteiger partial charge on any atom is 4.00 e. The molecule has 0 aliphatic heterocycles. The molecule has 32 valence electrons. The summed E-state index contributed by atoms with van der Waals surface area (Å²) in [6.07, 6.45) is 0. The zero-order valence-electron chi connectivity index (χ0n) is 2.04. The standard InChI is InChI=1S/3O.Pd.Zr/q3*-2;+2;+4. The van der Waals surface area contributed by atoms with E-state index in [2.05, 4.69) is 0 Å². The molecule has 0 rings (SSSR count). The van der Waals surface area contributed by atoms with Crippen molar-refractivity contribution in [3.8, 4) is 0 Å². The van der Waals surface area contributed by atoms with Gasteiger partial charge in [0.1, 0.15) is 0 Å². The van der Waals surface area contributed by atoms with Crippen LogP contribution >= 0.6 is 0 Å². The van der Waals surface area contributed by atoms with Gasteiger partial charge in [-0.25, -0.2) is 0 Å². The third-order valence-corrected chi connectivity index (χ3v) is 0. The smallest absolute Gasteiger partial charge is 2.00 e. The first kappa shape index (κ1) is 93.1. The maximum absolute atomic E-state index is 0. The van der Waals surface area contributed by atoms with Crippen LogP contribution in [0.4, 0.5) is 0 Å². The Labute approximate surface area is 62.8 Å². The summed E-state index contributed by atoms with van der Waals surface area (Å²) in [6.45, 7) is 0. The van der Waals surface area contributed by atoms with Crippen molar-refractivity contribution >= 4 is 0 Å². The average molecular weight is 246 g/mol. The van der Waals surface area contributed by atoms with Crippen LogP contribution in [0.1, 0.15) is 0 Å². The van der Waals surface area contributed by atoms with Gasteiger partial charge in [-0.3, -0.25) is 0 Å². The van der Waals surface area contributed by atoms with E-state index in [1.807, 2.05) is 0 Å². The summed E-state index contributed by atoms with van der Waals surface area (Å²) in [4.78, 5) is 0. The Morgan fingerprint density at radius 1 is 0.600 bits per heavy atom. The molecule has 0 fully saturated rings. The minimum Gasteiger partial charge on any atom is -2.00 e. The number of hydrogen-bond donors (Lipinski definition) is 0. The Kier molecular flexibility index (Phi) is 974. The van der Waals surface area contributed by atoms with Gasteiger partial charge < -0.3 is 16.4 Å². The predicted molar refractivity (Wildman–Crippen MR) is 2.06 cm³/mol. The second-order valence-corrected chi connectivity index (χ2v) is 0. The van der Waals surface area contributed by atoms with Crippen LogP contribution in [0.5, 0.6) is 0 Å². The third-order valence-electron chi connectivity index (χ3n) is 0. The van der Waals surface area contributed by atoms with Crippen LogP contribution in [0.3, 0.4) is 0 Å². The Hall–Kier alpha value is 1.43. The Bertz CT molecular complexity index is 6.85. The molecule has 0 bridgehead atoms. The van der Waals surface area contributed by atoms with E-state index < -0.39 is 0 Å². The quantitative estimate of drug-likeness (QED) is 0.522. The fourth-order valence-electron chi connectivity index (χ4n) is 0. The van der Waals surface area contributed by atoms with Crippen molar-refractivity contribution in [1.82, 2.24) is 0 Å². The van der Waals surface area contributed by atoms with E-state index in [1.54, 1.807) is 0 Å². The van der Waals surface area contributed by atoms with Crippen molar-refractivity contribution in [3.05, 3.63) is 0 Å². The summed E-state index contributed by atoms with van der Waals surface area (Å²) in [5, 5.41) is 0. The molecule has 5 heavy (non-hydrogen) atoms. The number of hydrogen-bond acceptors (Lipinski definition) is 0. The molecule has 0 unspecified atom stereocenters. The Morgan fingerprint density at radius 2 is 0.600 bits per heavy atom. The minimum atomic E-state index is 0.